The van der Waals surface area contributed by atoms with E-state index in [9.17, 15) is 0 Å². The zero-order valence-electron chi connectivity index (χ0n) is 6.22. The summed E-state index contributed by atoms with van der Waals surface area (Å²) in [7, 11) is 0. The predicted molar refractivity (Wildman–Crippen MR) is 43.8 cm³/mol. The van der Waals surface area contributed by atoms with Gasteiger partial charge in [-0.3, -0.25) is 4.99 Å². The summed E-state index contributed by atoms with van der Waals surface area (Å²) in [6.45, 7) is 1.98. The third-order valence-electron chi connectivity index (χ3n) is 1.53. The van der Waals surface area contributed by atoms with Crippen LogP contribution in [0, 0.1) is 5.41 Å². The van der Waals surface area contributed by atoms with Gasteiger partial charge in [0, 0.05) is 6.21 Å². The molecule has 0 aromatic rings. The van der Waals surface area contributed by atoms with Crippen molar-refractivity contribution >= 4 is 11.9 Å². The van der Waals surface area contributed by atoms with Crippen LogP contribution in [-0.2, 0) is 0 Å². The number of hydrogen-bond donors (Lipinski definition) is 1. The number of nitrogens with zero attached hydrogens (tertiary/aromatic N) is 1. The second-order valence-electron chi connectivity index (χ2n) is 2.31. The smallest absolute Gasteiger partial charge is 0.0793 e. The predicted octanol–water partition coefficient (Wildman–Crippen LogP) is 2.16. The van der Waals surface area contributed by atoms with Crippen LogP contribution < -0.4 is 0 Å². The third kappa shape index (κ3) is 1.53. The van der Waals surface area contributed by atoms with E-state index in [-0.39, 0.29) is 0 Å². The minimum Gasteiger partial charge on any atom is -0.303 e. The first-order valence-corrected chi connectivity index (χ1v) is 3.65. The van der Waals surface area contributed by atoms with E-state index < -0.39 is 0 Å². The maximum atomic E-state index is 7.45. The molecular weight excluding hydrogens is 124 g/mol. The second-order valence-corrected chi connectivity index (χ2v) is 2.31. The zero-order chi connectivity index (χ0) is 7.40. The molecule has 54 valence electrons. The molecule has 0 amide bonds. The van der Waals surface area contributed by atoms with E-state index in [4.69, 9.17) is 5.41 Å². The van der Waals surface area contributed by atoms with Gasteiger partial charge in [-0.1, -0.05) is 13.0 Å². The Morgan fingerprint density at radius 3 is 3.00 bits per heavy atom. The molecule has 1 aliphatic heterocycles. The highest BCUT2D eigenvalue weighted by molar-refractivity contribution is 5.98. The Morgan fingerprint density at radius 1 is 1.70 bits per heavy atom. The molecule has 0 aromatic carbocycles. The van der Waals surface area contributed by atoms with Crippen LogP contribution in [0.1, 0.15) is 26.2 Å². The van der Waals surface area contributed by atoms with Crippen molar-refractivity contribution in [2.75, 3.05) is 0 Å². The molecule has 0 spiro atoms. The molecule has 1 aliphatic rings. The molecule has 0 saturated heterocycles. The first-order chi connectivity index (χ1) is 4.84. The SMILES string of the molecule is CCC(=N)C1=CCCC=N1. The summed E-state index contributed by atoms with van der Waals surface area (Å²) in [5.41, 5.74) is 1.52. The van der Waals surface area contributed by atoms with Crippen LogP contribution in [-0.4, -0.2) is 11.9 Å². The lowest BCUT2D eigenvalue weighted by atomic mass is 10.1. The lowest BCUT2D eigenvalue weighted by molar-refractivity contribution is 1.06. The molecule has 1 rings (SSSR count). The van der Waals surface area contributed by atoms with Crippen LogP contribution in [0.5, 0.6) is 0 Å². The fourth-order valence-electron chi connectivity index (χ4n) is 0.892. The van der Waals surface area contributed by atoms with Gasteiger partial charge < -0.3 is 5.41 Å². The Morgan fingerprint density at radius 2 is 2.50 bits per heavy atom. The van der Waals surface area contributed by atoms with Crippen LogP contribution >= 0.6 is 0 Å². The van der Waals surface area contributed by atoms with E-state index in [1.54, 1.807) is 0 Å². The summed E-state index contributed by atoms with van der Waals surface area (Å²) in [6.07, 6.45) is 6.77. The van der Waals surface area contributed by atoms with Crippen molar-refractivity contribution in [3.63, 3.8) is 0 Å². The standard InChI is InChI=1S/C8H12N2/c1-2-7(9)8-5-3-4-6-10-8/h5-6,9H,2-4H2,1H3. The lowest BCUT2D eigenvalue weighted by Gasteiger charge is -2.04. The van der Waals surface area contributed by atoms with E-state index in [1.807, 2.05) is 19.2 Å². The Labute approximate surface area is 61.2 Å². The van der Waals surface area contributed by atoms with E-state index >= 15 is 0 Å². The van der Waals surface area contributed by atoms with E-state index in [0.717, 1.165) is 25.0 Å². The van der Waals surface area contributed by atoms with Crippen molar-refractivity contribution in [1.82, 2.24) is 0 Å². The average molecular weight is 136 g/mol. The maximum Gasteiger partial charge on any atom is 0.0793 e. The number of nitrogens with one attached hydrogen (secondary N) is 1. The van der Waals surface area contributed by atoms with Gasteiger partial charge in [-0.2, -0.15) is 0 Å². The van der Waals surface area contributed by atoms with Gasteiger partial charge in [0.25, 0.3) is 0 Å². The maximum absolute atomic E-state index is 7.45. The van der Waals surface area contributed by atoms with Crippen molar-refractivity contribution in [3.05, 3.63) is 11.8 Å². The van der Waals surface area contributed by atoms with Crippen molar-refractivity contribution < 1.29 is 0 Å². The van der Waals surface area contributed by atoms with Crippen molar-refractivity contribution in [2.45, 2.75) is 26.2 Å². The first kappa shape index (κ1) is 7.19. The van der Waals surface area contributed by atoms with E-state index in [1.165, 1.54) is 0 Å². The number of allylic oxidation sites excluding steroid dienone is 2. The molecule has 1 heterocycles. The Balaban J connectivity index is 2.63. The van der Waals surface area contributed by atoms with Gasteiger partial charge in [0.15, 0.2) is 0 Å². The van der Waals surface area contributed by atoms with Gasteiger partial charge in [-0.15, -0.1) is 0 Å². The number of hydrogen-bond acceptors (Lipinski definition) is 2. The molecule has 0 atom stereocenters. The molecule has 0 bridgehead atoms. The quantitative estimate of drug-likeness (QED) is 0.565. The minimum atomic E-state index is 0.649. The van der Waals surface area contributed by atoms with Crippen LogP contribution in [0.2, 0.25) is 0 Å². The van der Waals surface area contributed by atoms with E-state index in [2.05, 4.69) is 4.99 Å². The van der Waals surface area contributed by atoms with Crippen molar-refractivity contribution in [1.29, 1.82) is 5.41 Å². The van der Waals surface area contributed by atoms with Crippen molar-refractivity contribution in [3.8, 4) is 0 Å². The fraction of sp³-hybridized carbons (Fsp3) is 0.500. The Bertz CT molecular complexity index is 189. The zero-order valence-corrected chi connectivity index (χ0v) is 6.22. The molecule has 2 heteroatoms. The Kier molecular flexibility index (Phi) is 2.37. The van der Waals surface area contributed by atoms with Gasteiger partial charge in [-0.05, 0) is 19.3 Å². The van der Waals surface area contributed by atoms with Crippen LogP contribution in [0.4, 0.5) is 0 Å². The van der Waals surface area contributed by atoms with Gasteiger partial charge in [-0.25, -0.2) is 0 Å². The normalized spacial score (nSPS) is 16.7. The monoisotopic (exact) mass is 136 g/mol. The van der Waals surface area contributed by atoms with Gasteiger partial charge in [0.1, 0.15) is 0 Å². The molecule has 0 aliphatic carbocycles. The molecule has 0 unspecified atom stereocenters. The molecular formula is C8H12N2. The molecule has 1 N–H and O–H groups in total. The lowest BCUT2D eigenvalue weighted by Crippen LogP contribution is -2.00. The summed E-state index contributed by atoms with van der Waals surface area (Å²) in [5.74, 6) is 0. The highest BCUT2D eigenvalue weighted by atomic mass is 14.8. The van der Waals surface area contributed by atoms with E-state index in [0.29, 0.717) is 5.71 Å². The van der Waals surface area contributed by atoms with Crippen LogP contribution in [0.3, 0.4) is 0 Å². The van der Waals surface area contributed by atoms with Gasteiger partial charge in [0.05, 0.1) is 11.4 Å². The highest BCUT2D eigenvalue weighted by Crippen LogP contribution is 2.08. The molecule has 2 nitrogen and oxygen atoms in total. The fourth-order valence-corrected chi connectivity index (χ4v) is 0.892. The minimum absolute atomic E-state index is 0.649. The largest absolute Gasteiger partial charge is 0.303 e. The van der Waals surface area contributed by atoms with Crippen LogP contribution in [0.25, 0.3) is 0 Å². The molecule has 0 radical (unpaired) electrons. The topological polar surface area (TPSA) is 36.2 Å². The number of rotatable bonds is 2. The highest BCUT2D eigenvalue weighted by Gasteiger charge is 2.01. The van der Waals surface area contributed by atoms with Gasteiger partial charge >= 0.3 is 0 Å². The Hall–Kier alpha value is -0.920. The summed E-state index contributed by atoms with van der Waals surface area (Å²) in [4.78, 5) is 4.11. The van der Waals surface area contributed by atoms with Crippen LogP contribution in [0.15, 0.2) is 16.8 Å². The summed E-state index contributed by atoms with van der Waals surface area (Å²) in [5, 5.41) is 7.45. The molecule has 0 aromatic heterocycles. The summed E-state index contributed by atoms with van der Waals surface area (Å²) in [6, 6.07) is 0. The summed E-state index contributed by atoms with van der Waals surface area (Å²) < 4.78 is 0. The summed E-state index contributed by atoms with van der Waals surface area (Å²) >= 11 is 0. The number of aliphatic imine (C=N–C) groups is 1. The first-order valence-electron chi connectivity index (χ1n) is 3.65. The molecule has 10 heavy (non-hydrogen) atoms. The molecule has 0 saturated carbocycles. The average Bonchev–Trinajstić information content (AvgIpc) is 2.05. The van der Waals surface area contributed by atoms with Gasteiger partial charge in [0.2, 0.25) is 0 Å². The van der Waals surface area contributed by atoms with Crippen molar-refractivity contribution in [2.24, 2.45) is 4.99 Å². The third-order valence-corrected chi connectivity index (χ3v) is 1.53. The second kappa shape index (κ2) is 3.30. The molecule has 0 fully saturated rings.